The van der Waals surface area contributed by atoms with E-state index >= 15 is 0 Å². The maximum atomic E-state index is 12.5. The first kappa shape index (κ1) is 14.1. The Labute approximate surface area is 118 Å². The molecule has 0 N–H and O–H groups in total. The Morgan fingerprint density at radius 3 is 2.44 bits per heavy atom. The summed E-state index contributed by atoms with van der Waals surface area (Å²) in [5.74, 6) is 0. The monoisotopic (exact) mass is 307 g/mol. The summed E-state index contributed by atoms with van der Waals surface area (Å²) in [4.78, 5) is 0.0890. The fraction of sp³-hybridized carbons (Fsp3) is 0.500. The number of halogens is 2. The number of rotatable bonds is 3. The van der Waals surface area contributed by atoms with Crippen molar-refractivity contribution >= 4 is 33.2 Å². The molecule has 0 aromatic heterocycles. The van der Waals surface area contributed by atoms with E-state index in [1.54, 1.807) is 13.1 Å². The van der Waals surface area contributed by atoms with Gasteiger partial charge in [0.15, 0.2) is 0 Å². The highest BCUT2D eigenvalue weighted by atomic mass is 35.5. The molecular weight excluding hydrogens is 293 g/mol. The molecule has 1 aliphatic carbocycles. The molecule has 0 amide bonds. The van der Waals surface area contributed by atoms with Crippen molar-refractivity contribution < 1.29 is 8.42 Å². The molecule has 1 fully saturated rings. The Morgan fingerprint density at radius 2 is 1.83 bits per heavy atom. The van der Waals surface area contributed by atoms with Gasteiger partial charge in [-0.05, 0) is 31.0 Å². The summed E-state index contributed by atoms with van der Waals surface area (Å²) in [5, 5.41) is 0.585. The lowest BCUT2D eigenvalue weighted by molar-refractivity contribution is 0.373. The maximum Gasteiger partial charge on any atom is 0.244 e. The Balaban J connectivity index is 2.37. The molecule has 0 atom stereocenters. The van der Waals surface area contributed by atoms with Gasteiger partial charge in [0, 0.05) is 18.1 Å². The first-order valence-corrected chi connectivity index (χ1v) is 8.05. The van der Waals surface area contributed by atoms with Crippen LogP contribution in [0.2, 0.25) is 10.0 Å². The fourth-order valence-corrected chi connectivity index (χ4v) is 4.44. The van der Waals surface area contributed by atoms with Crippen molar-refractivity contribution in [1.82, 2.24) is 4.31 Å². The molecule has 0 aliphatic heterocycles. The van der Waals surface area contributed by atoms with Crippen molar-refractivity contribution in [2.24, 2.45) is 0 Å². The van der Waals surface area contributed by atoms with Crippen LogP contribution in [0.15, 0.2) is 23.1 Å². The molecule has 0 spiro atoms. The molecule has 1 saturated carbocycles. The van der Waals surface area contributed by atoms with Crippen LogP contribution in [0.1, 0.15) is 25.7 Å². The van der Waals surface area contributed by atoms with Crippen LogP contribution < -0.4 is 0 Å². The van der Waals surface area contributed by atoms with E-state index in [1.165, 1.54) is 16.4 Å². The molecule has 0 radical (unpaired) electrons. The van der Waals surface area contributed by atoms with Crippen molar-refractivity contribution in [3.05, 3.63) is 28.2 Å². The van der Waals surface area contributed by atoms with Gasteiger partial charge in [-0.15, -0.1) is 0 Å². The van der Waals surface area contributed by atoms with Gasteiger partial charge in [-0.25, -0.2) is 8.42 Å². The Hall–Kier alpha value is -0.290. The van der Waals surface area contributed by atoms with Crippen molar-refractivity contribution in [3.8, 4) is 0 Å². The highest BCUT2D eigenvalue weighted by Crippen LogP contribution is 2.31. The van der Waals surface area contributed by atoms with Crippen LogP contribution in [-0.2, 0) is 10.0 Å². The third-order valence-electron chi connectivity index (χ3n) is 3.39. The summed E-state index contributed by atoms with van der Waals surface area (Å²) in [6.45, 7) is 0. The molecule has 1 aliphatic rings. The Kier molecular flexibility index (Phi) is 4.22. The van der Waals surface area contributed by atoms with Gasteiger partial charge in [0.05, 0.1) is 5.02 Å². The number of nitrogens with zero attached hydrogens (tertiary/aromatic N) is 1. The minimum absolute atomic E-state index is 0.0741. The lowest BCUT2D eigenvalue weighted by Crippen LogP contribution is -2.35. The summed E-state index contributed by atoms with van der Waals surface area (Å²) in [6, 6.07) is 4.58. The first-order chi connectivity index (χ1) is 8.43. The second-order valence-electron chi connectivity index (χ2n) is 4.53. The average Bonchev–Trinajstić information content (AvgIpc) is 2.84. The number of sulfonamides is 1. The largest absolute Gasteiger partial charge is 0.244 e. The Morgan fingerprint density at radius 1 is 1.22 bits per heavy atom. The zero-order valence-electron chi connectivity index (χ0n) is 10.1. The van der Waals surface area contributed by atoms with E-state index in [2.05, 4.69) is 0 Å². The van der Waals surface area contributed by atoms with Gasteiger partial charge in [0.25, 0.3) is 0 Å². The van der Waals surface area contributed by atoms with Crippen LogP contribution in [0.3, 0.4) is 0 Å². The zero-order valence-corrected chi connectivity index (χ0v) is 12.4. The van der Waals surface area contributed by atoms with E-state index < -0.39 is 10.0 Å². The molecule has 1 aromatic carbocycles. The molecule has 6 heteroatoms. The topological polar surface area (TPSA) is 37.4 Å². The normalized spacial score (nSPS) is 17.6. The van der Waals surface area contributed by atoms with Crippen LogP contribution in [0.5, 0.6) is 0 Å². The van der Waals surface area contributed by atoms with E-state index in [1.807, 2.05) is 0 Å². The third kappa shape index (κ3) is 2.67. The van der Waals surface area contributed by atoms with E-state index in [0.717, 1.165) is 25.7 Å². The van der Waals surface area contributed by atoms with Gasteiger partial charge in [-0.1, -0.05) is 36.0 Å². The van der Waals surface area contributed by atoms with E-state index in [-0.39, 0.29) is 16.0 Å². The lowest BCUT2D eigenvalue weighted by atomic mass is 10.3. The Bertz CT molecular complexity index is 539. The van der Waals surface area contributed by atoms with Gasteiger partial charge in [-0.2, -0.15) is 4.31 Å². The molecule has 2 rings (SSSR count). The predicted octanol–water partition coefficient (Wildman–Crippen LogP) is 3.56. The highest BCUT2D eigenvalue weighted by Gasteiger charge is 2.31. The summed E-state index contributed by atoms with van der Waals surface area (Å²) >= 11 is 11.8. The lowest BCUT2D eigenvalue weighted by Gasteiger charge is -2.24. The van der Waals surface area contributed by atoms with E-state index in [4.69, 9.17) is 23.2 Å². The average molecular weight is 308 g/mol. The van der Waals surface area contributed by atoms with Gasteiger partial charge < -0.3 is 0 Å². The quantitative estimate of drug-likeness (QED) is 0.856. The fourth-order valence-electron chi connectivity index (χ4n) is 2.29. The van der Waals surface area contributed by atoms with Gasteiger partial charge >= 0.3 is 0 Å². The van der Waals surface area contributed by atoms with Gasteiger partial charge in [0.2, 0.25) is 10.0 Å². The molecule has 0 bridgehead atoms. The number of benzene rings is 1. The maximum absolute atomic E-state index is 12.5. The van der Waals surface area contributed by atoms with E-state index in [9.17, 15) is 8.42 Å². The van der Waals surface area contributed by atoms with Gasteiger partial charge in [0.1, 0.15) is 4.90 Å². The second-order valence-corrected chi connectivity index (χ2v) is 7.34. The molecular formula is C12H15Cl2NO2S. The standard InChI is InChI=1S/C12H15Cl2NO2S/c1-15(10-4-2-3-5-10)18(16,17)12-8-9(13)6-7-11(12)14/h6-8,10H,2-5H2,1H3. The summed E-state index contributed by atoms with van der Waals surface area (Å²) in [6.07, 6.45) is 3.98. The smallest absolute Gasteiger partial charge is 0.207 e. The van der Waals surface area contributed by atoms with Crippen LogP contribution in [0, 0.1) is 0 Å². The van der Waals surface area contributed by atoms with Crippen molar-refractivity contribution in [2.45, 2.75) is 36.6 Å². The summed E-state index contributed by atoms with van der Waals surface area (Å²) < 4.78 is 26.4. The van der Waals surface area contributed by atoms with Crippen molar-refractivity contribution in [1.29, 1.82) is 0 Å². The van der Waals surface area contributed by atoms with Crippen LogP contribution in [-0.4, -0.2) is 25.8 Å². The molecule has 3 nitrogen and oxygen atoms in total. The van der Waals surface area contributed by atoms with Crippen LogP contribution in [0.25, 0.3) is 0 Å². The molecule has 18 heavy (non-hydrogen) atoms. The summed E-state index contributed by atoms with van der Waals surface area (Å²) in [7, 11) is -1.94. The van der Waals surface area contributed by atoms with E-state index in [0.29, 0.717) is 5.02 Å². The number of hydrogen-bond donors (Lipinski definition) is 0. The third-order valence-corrected chi connectivity index (χ3v) is 6.02. The summed E-state index contributed by atoms with van der Waals surface area (Å²) in [5.41, 5.74) is 0. The first-order valence-electron chi connectivity index (χ1n) is 5.86. The van der Waals surface area contributed by atoms with Gasteiger partial charge in [-0.3, -0.25) is 0 Å². The van der Waals surface area contributed by atoms with Crippen molar-refractivity contribution in [3.63, 3.8) is 0 Å². The molecule has 1 aromatic rings. The minimum atomic E-state index is -3.56. The molecule has 0 unspecified atom stereocenters. The second kappa shape index (κ2) is 5.37. The minimum Gasteiger partial charge on any atom is -0.207 e. The predicted molar refractivity (Wildman–Crippen MR) is 73.7 cm³/mol. The number of hydrogen-bond acceptors (Lipinski definition) is 2. The van der Waals surface area contributed by atoms with Crippen molar-refractivity contribution in [2.75, 3.05) is 7.05 Å². The van der Waals surface area contributed by atoms with Crippen LogP contribution >= 0.6 is 23.2 Å². The molecule has 0 saturated heterocycles. The van der Waals surface area contributed by atoms with Crippen LogP contribution in [0.4, 0.5) is 0 Å². The molecule has 100 valence electrons. The SMILES string of the molecule is CN(C1CCCC1)S(=O)(=O)c1cc(Cl)ccc1Cl. The molecule has 0 heterocycles. The highest BCUT2D eigenvalue weighted by molar-refractivity contribution is 7.89. The zero-order chi connectivity index (χ0) is 13.3.